The smallest absolute Gasteiger partial charge is 0.225 e. The molecule has 1 atom stereocenters. The quantitative estimate of drug-likeness (QED) is 0.788. The first kappa shape index (κ1) is 15.2. The zero-order chi connectivity index (χ0) is 13.7. The molecule has 0 fully saturated rings. The van der Waals surface area contributed by atoms with Gasteiger partial charge >= 0.3 is 0 Å². The van der Waals surface area contributed by atoms with Gasteiger partial charge in [0.25, 0.3) is 0 Å². The minimum atomic E-state index is 0.314. The van der Waals surface area contributed by atoms with Crippen molar-refractivity contribution in [3.63, 3.8) is 0 Å². The minimum absolute atomic E-state index is 0.314. The highest BCUT2D eigenvalue weighted by molar-refractivity contribution is 9.10. The Balaban J connectivity index is 2.74. The molecule has 0 aromatic carbocycles. The average Bonchev–Trinajstić information content (AvgIpc) is 2.12. The Morgan fingerprint density at radius 3 is 2.56 bits per heavy atom. The topological polar surface area (TPSA) is 67.1 Å². The van der Waals surface area contributed by atoms with Crippen LogP contribution in [0.4, 0.5) is 11.8 Å². The lowest BCUT2D eigenvalue weighted by Crippen LogP contribution is -2.34. The number of hydrogen-bond donors (Lipinski definition) is 2. The van der Waals surface area contributed by atoms with Gasteiger partial charge in [-0.3, -0.25) is 0 Å². The van der Waals surface area contributed by atoms with Crippen LogP contribution in [0.25, 0.3) is 0 Å². The van der Waals surface area contributed by atoms with E-state index in [9.17, 15) is 0 Å². The SMILES string of the molecule is CC(C)CC(CN(C)C)Nc1nc(N)cc(Br)n1. The number of nitrogens with two attached hydrogens (primary N) is 1. The Labute approximate surface area is 117 Å². The molecule has 0 bridgehead atoms. The zero-order valence-corrected chi connectivity index (χ0v) is 13.0. The van der Waals surface area contributed by atoms with Gasteiger partial charge in [-0.1, -0.05) is 13.8 Å². The molecule has 5 nitrogen and oxygen atoms in total. The number of hydrogen-bond acceptors (Lipinski definition) is 5. The number of nitrogens with one attached hydrogen (secondary N) is 1. The monoisotopic (exact) mass is 315 g/mol. The maximum Gasteiger partial charge on any atom is 0.225 e. The maximum absolute atomic E-state index is 5.71. The summed E-state index contributed by atoms with van der Waals surface area (Å²) in [5.74, 6) is 1.66. The molecule has 0 radical (unpaired) electrons. The van der Waals surface area contributed by atoms with Gasteiger partial charge in [-0.05, 0) is 42.4 Å². The highest BCUT2D eigenvalue weighted by atomic mass is 79.9. The second-order valence-corrected chi connectivity index (χ2v) is 5.98. The molecule has 0 aliphatic carbocycles. The summed E-state index contributed by atoms with van der Waals surface area (Å²) in [5.41, 5.74) is 5.71. The van der Waals surface area contributed by atoms with Crippen molar-refractivity contribution in [2.75, 3.05) is 31.7 Å². The molecule has 102 valence electrons. The van der Waals surface area contributed by atoms with Crippen molar-refractivity contribution in [1.82, 2.24) is 14.9 Å². The molecule has 3 N–H and O–H groups in total. The maximum atomic E-state index is 5.71. The normalized spacial score (nSPS) is 13.1. The highest BCUT2D eigenvalue weighted by Gasteiger charge is 2.13. The molecule has 18 heavy (non-hydrogen) atoms. The molecule has 1 rings (SSSR count). The van der Waals surface area contributed by atoms with E-state index in [0.717, 1.165) is 13.0 Å². The first-order valence-electron chi connectivity index (χ1n) is 6.08. The van der Waals surface area contributed by atoms with Crippen molar-refractivity contribution in [3.05, 3.63) is 10.7 Å². The van der Waals surface area contributed by atoms with Gasteiger partial charge in [-0.15, -0.1) is 0 Å². The van der Waals surface area contributed by atoms with Gasteiger partial charge in [0.2, 0.25) is 5.95 Å². The summed E-state index contributed by atoms with van der Waals surface area (Å²) < 4.78 is 0.700. The van der Waals surface area contributed by atoms with Crippen LogP contribution in [-0.2, 0) is 0 Å². The Hall–Kier alpha value is -0.880. The van der Waals surface area contributed by atoms with Crippen LogP contribution in [-0.4, -0.2) is 41.5 Å². The standard InChI is InChI=1S/C12H22BrN5/c1-8(2)5-9(7-18(3)4)15-12-16-10(13)6-11(14)17-12/h6,8-9H,5,7H2,1-4H3,(H3,14,15,16,17). The first-order valence-corrected chi connectivity index (χ1v) is 6.87. The van der Waals surface area contributed by atoms with E-state index in [-0.39, 0.29) is 0 Å². The largest absolute Gasteiger partial charge is 0.383 e. The molecule has 0 saturated carbocycles. The van der Waals surface area contributed by atoms with Crippen LogP contribution < -0.4 is 11.1 Å². The number of aromatic nitrogens is 2. The fourth-order valence-electron chi connectivity index (χ4n) is 1.87. The van der Waals surface area contributed by atoms with Crippen LogP contribution in [0, 0.1) is 5.92 Å². The van der Waals surface area contributed by atoms with Gasteiger partial charge in [0.1, 0.15) is 10.4 Å². The summed E-state index contributed by atoms with van der Waals surface area (Å²) in [6, 6.07) is 2.00. The van der Waals surface area contributed by atoms with Crippen molar-refractivity contribution < 1.29 is 0 Å². The van der Waals surface area contributed by atoms with E-state index in [0.29, 0.717) is 28.3 Å². The van der Waals surface area contributed by atoms with Gasteiger partial charge in [-0.2, -0.15) is 4.98 Å². The van der Waals surface area contributed by atoms with E-state index in [1.165, 1.54) is 0 Å². The summed E-state index contributed by atoms with van der Waals surface area (Å²) >= 11 is 3.32. The number of rotatable bonds is 6. The molecule has 0 spiro atoms. The van der Waals surface area contributed by atoms with Crippen molar-refractivity contribution in [2.45, 2.75) is 26.3 Å². The van der Waals surface area contributed by atoms with Gasteiger partial charge in [0, 0.05) is 18.7 Å². The van der Waals surface area contributed by atoms with Gasteiger partial charge in [-0.25, -0.2) is 4.98 Å². The second kappa shape index (κ2) is 6.89. The van der Waals surface area contributed by atoms with E-state index in [4.69, 9.17) is 5.73 Å². The predicted octanol–water partition coefficient (Wildman–Crippen LogP) is 2.21. The molecule has 0 aliphatic heterocycles. The van der Waals surface area contributed by atoms with Crippen LogP contribution in [0.2, 0.25) is 0 Å². The fourth-order valence-corrected chi connectivity index (χ4v) is 2.27. The van der Waals surface area contributed by atoms with Gasteiger partial charge in [0.15, 0.2) is 0 Å². The van der Waals surface area contributed by atoms with Crippen LogP contribution >= 0.6 is 15.9 Å². The summed E-state index contributed by atoms with van der Waals surface area (Å²) in [6.45, 7) is 5.36. The lowest BCUT2D eigenvalue weighted by molar-refractivity contribution is 0.355. The first-order chi connectivity index (χ1) is 8.36. The highest BCUT2D eigenvalue weighted by Crippen LogP contribution is 2.15. The third-order valence-electron chi connectivity index (χ3n) is 2.39. The lowest BCUT2D eigenvalue weighted by atomic mass is 10.0. The molecule has 0 saturated heterocycles. The van der Waals surface area contributed by atoms with Crippen LogP contribution in [0.15, 0.2) is 10.7 Å². The van der Waals surface area contributed by atoms with E-state index < -0.39 is 0 Å². The molecular weight excluding hydrogens is 294 g/mol. The van der Waals surface area contributed by atoms with E-state index >= 15 is 0 Å². The fraction of sp³-hybridized carbons (Fsp3) is 0.667. The van der Waals surface area contributed by atoms with Crippen LogP contribution in [0.1, 0.15) is 20.3 Å². The van der Waals surface area contributed by atoms with Gasteiger partial charge in [0.05, 0.1) is 0 Å². The van der Waals surface area contributed by atoms with Crippen LogP contribution in [0.5, 0.6) is 0 Å². The predicted molar refractivity (Wildman–Crippen MR) is 79.6 cm³/mol. The number of halogens is 1. The molecule has 1 heterocycles. The molecule has 1 unspecified atom stereocenters. The Morgan fingerprint density at radius 2 is 2.06 bits per heavy atom. The van der Waals surface area contributed by atoms with Crippen LogP contribution in [0.3, 0.4) is 0 Å². The third-order valence-corrected chi connectivity index (χ3v) is 2.80. The Bertz CT molecular complexity index is 350. The van der Waals surface area contributed by atoms with Crippen molar-refractivity contribution in [1.29, 1.82) is 0 Å². The summed E-state index contributed by atoms with van der Waals surface area (Å²) in [6.07, 6.45) is 1.06. The molecular formula is C12H22BrN5. The average molecular weight is 316 g/mol. The van der Waals surface area contributed by atoms with E-state index in [1.54, 1.807) is 6.07 Å². The Kier molecular flexibility index (Phi) is 5.81. The molecule has 6 heteroatoms. The van der Waals surface area contributed by atoms with Crippen molar-refractivity contribution in [2.24, 2.45) is 5.92 Å². The molecule has 1 aromatic rings. The van der Waals surface area contributed by atoms with E-state index in [1.807, 2.05) is 0 Å². The summed E-state index contributed by atoms with van der Waals surface area (Å²) in [7, 11) is 4.12. The molecule has 0 amide bonds. The molecule has 0 aliphatic rings. The second-order valence-electron chi connectivity index (χ2n) is 5.17. The van der Waals surface area contributed by atoms with Crippen molar-refractivity contribution in [3.8, 4) is 0 Å². The zero-order valence-electron chi connectivity index (χ0n) is 11.4. The minimum Gasteiger partial charge on any atom is -0.383 e. The summed E-state index contributed by atoms with van der Waals surface area (Å²) in [5, 5.41) is 3.35. The summed E-state index contributed by atoms with van der Waals surface area (Å²) in [4.78, 5) is 10.6. The third kappa shape index (κ3) is 5.64. The van der Waals surface area contributed by atoms with E-state index in [2.05, 4.69) is 64.1 Å². The van der Waals surface area contributed by atoms with Gasteiger partial charge < -0.3 is 16.0 Å². The number of nitrogens with zero attached hydrogens (tertiary/aromatic N) is 3. The number of anilines is 2. The number of nitrogen functional groups attached to an aromatic ring is 1. The molecule has 1 aromatic heterocycles. The van der Waals surface area contributed by atoms with Crippen molar-refractivity contribution >= 4 is 27.7 Å². The lowest BCUT2D eigenvalue weighted by Gasteiger charge is -2.24. The Morgan fingerprint density at radius 1 is 1.39 bits per heavy atom. The number of likely N-dealkylation sites (N-methyl/N-ethyl adjacent to an activating group) is 1.